The Kier molecular flexibility index (Phi) is 6.64. The molecular weight excluding hydrogens is 485 g/mol. The van der Waals surface area contributed by atoms with Crippen molar-refractivity contribution in [2.45, 2.75) is 31.8 Å². The quantitative estimate of drug-likeness (QED) is 0.282. The number of hydrogen-bond donors (Lipinski definition) is 1. The summed E-state index contributed by atoms with van der Waals surface area (Å²) in [7, 11) is 0. The molecule has 1 amide bonds. The SMILES string of the molecule is C[C@@H](OC(=O)Nc1cc(Cl)sc1-c1ccc(-c2ccc(C3CC3)cc2)cc1)c1ccccc1Cl. The molecule has 1 N–H and O–H groups in total. The minimum atomic E-state index is -0.560. The fourth-order valence-corrected chi connectivity index (χ4v) is 5.49. The number of amides is 1. The van der Waals surface area contributed by atoms with Crippen molar-refractivity contribution in [1.29, 1.82) is 0 Å². The van der Waals surface area contributed by atoms with Crippen LogP contribution in [0.1, 0.15) is 42.9 Å². The van der Waals surface area contributed by atoms with E-state index in [0.29, 0.717) is 15.0 Å². The van der Waals surface area contributed by atoms with Gasteiger partial charge in [0.05, 0.1) is 14.9 Å². The number of anilines is 1. The first kappa shape index (κ1) is 23.0. The Morgan fingerprint density at radius 1 is 0.941 bits per heavy atom. The first-order valence-electron chi connectivity index (χ1n) is 11.2. The van der Waals surface area contributed by atoms with Crippen molar-refractivity contribution in [1.82, 2.24) is 0 Å². The van der Waals surface area contributed by atoms with Gasteiger partial charge in [0.25, 0.3) is 0 Å². The van der Waals surface area contributed by atoms with Gasteiger partial charge in [-0.25, -0.2) is 4.79 Å². The van der Waals surface area contributed by atoms with Gasteiger partial charge in [0.2, 0.25) is 0 Å². The summed E-state index contributed by atoms with van der Waals surface area (Å²) in [4.78, 5) is 13.5. The van der Waals surface area contributed by atoms with E-state index in [4.69, 9.17) is 27.9 Å². The first-order chi connectivity index (χ1) is 16.5. The molecule has 1 aromatic heterocycles. The van der Waals surface area contributed by atoms with E-state index >= 15 is 0 Å². The summed E-state index contributed by atoms with van der Waals surface area (Å²) < 4.78 is 6.14. The summed E-state index contributed by atoms with van der Waals surface area (Å²) in [6, 6.07) is 26.2. The van der Waals surface area contributed by atoms with Crippen LogP contribution in [0.4, 0.5) is 10.5 Å². The van der Waals surface area contributed by atoms with Crippen molar-refractivity contribution in [3.8, 4) is 21.6 Å². The summed E-state index contributed by atoms with van der Waals surface area (Å²) in [5.41, 5.74) is 6.12. The fraction of sp³-hybridized carbons (Fsp3) is 0.179. The van der Waals surface area contributed by atoms with E-state index in [1.807, 2.05) is 18.2 Å². The highest BCUT2D eigenvalue weighted by Gasteiger charge is 2.23. The van der Waals surface area contributed by atoms with Crippen LogP contribution in [0.3, 0.4) is 0 Å². The molecule has 3 aromatic carbocycles. The molecule has 1 saturated carbocycles. The molecule has 3 nitrogen and oxygen atoms in total. The predicted molar refractivity (Wildman–Crippen MR) is 142 cm³/mol. The van der Waals surface area contributed by atoms with E-state index in [-0.39, 0.29) is 0 Å². The van der Waals surface area contributed by atoms with Gasteiger partial charge in [-0.3, -0.25) is 5.32 Å². The Bertz CT molecular complexity index is 1310. The summed E-state index contributed by atoms with van der Waals surface area (Å²) in [5.74, 6) is 0.755. The Balaban J connectivity index is 1.30. The Hall–Kier alpha value is -2.79. The molecule has 0 radical (unpaired) electrons. The molecule has 172 valence electrons. The van der Waals surface area contributed by atoms with Crippen molar-refractivity contribution in [2.24, 2.45) is 0 Å². The highest BCUT2D eigenvalue weighted by Crippen LogP contribution is 2.42. The van der Waals surface area contributed by atoms with Crippen molar-refractivity contribution in [2.75, 3.05) is 5.32 Å². The fourth-order valence-electron chi connectivity index (χ4n) is 4.01. The average Bonchev–Trinajstić information content (AvgIpc) is 3.62. The number of carbonyl (C=O) groups excluding carboxylic acids is 1. The lowest BCUT2D eigenvalue weighted by molar-refractivity contribution is 0.121. The molecule has 1 aliphatic carbocycles. The first-order valence-corrected chi connectivity index (χ1v) is 12.8. The van der Waals surface area contributed by atoms with Crippen molar-refractivity contribution in [3.63, 3.8) is 0 Å². The van der Waals surface area contributed by atoms with Gasteiger partial charge in [0, 0.05) is 10.6 Å². The van der Waals surface area contributed by atoms with Gasteiger partial charge in [-0.05, 0) is 60.1 Å². The maximum atomic E-state index is 12.6. The van der Waals surface area contributed by atoms with Gasteiger partial charge < -0.3 is 4.74 Å². The largest absolute Gasteiger partial charge is 0.441 e. The summed E-state index contributed by atoms with van der Waals surface area (Å²) in [6.45, 7) is 1.79. The van der Waals surface area contributed by atoms with E-state index in [2.05, 4.69) is 53.8 Å². The lowest BCUT2D eigenvalue weighted by Gasteiger charge is -2.15. The molecule has 0 aliphatic heterocycles. The number of halogens is 2. The zero-order valence-corrected chi connectivity index (χ0v) is 20.9. The molecular formula is C28H23Cl2NO2S. The van der Waals surface area contributed by atoms with Gasteiger partial charge >= 0.3 is 6.09 Å². The maximum absolute atomic E-state index is 12.6. The van der Waals surface area contributed by atoms with Crippen molar-refractivity contribution in [3.05, 3.63) is 99.3 Å². The number of benzene rings is 3. The molecule has 1 heterocycles. The Morgan fingerprint density at radius 2 is 1.56 bits per heavy atom. The van der Waals surface area contributed by atoms with Gasteiger partial charge in [-0.1, -0.05) is 89.9 Å². The molecule has 34 heavy (non-hydrogen) atoms. The molecule has 0 saturated heterocycles. The van der Waals surface area contributed by atoms with E-state index in [0.717, 1.165) is 27.5 Å². The third kappa shape index (κ3) is 5.15. The average molecular weight is 508 g/mol. The number of nitrogens with one attached hydrogen (secondary N) is 1. The van der Waals surface area contributed by atoms with Gasteiger partial charge in [-0.15, -0.1) is 11.3 Å². The highest BCUT2D eigenvalue weighted by atomic mass is 35.5. The minimum absolute atomic E-state index is 0.489. The van der Waals surface area contributed by atoms with Crippen LogP contribution in [0.25, 0.3) is 21.6 Å². The zero-order chi connectivity index (χ0) is 23.7. The predicted octanol–water partition coefficient (Wildman–Crippen LogP) is 9.58. The topological polar surface area (TPSA) is 38.3 Å². The molecule has 5 rings (SSSR count). The van der Waals surface area contributed by atoms with Crippen LogP contribution in [0, 0.1) is 0 Å². The van der Waals surface area contributed by atoms with Crippen LogP contribution < -0.4 is 5.32 Å². The second-order valence-electron chi connectivity index (χ2n) is 8.46. The number of carbonyl (C=O) groups is 1. The molecule has 4 aromatic rings. The molecule has 1 fully saturated rings. The Morgan fingerprint density at radius 3 is 2.21 bits per heavy atom. The van der Waals surface area contributed by atoms with Crippen LogP contribution in [0.2, 0.25) is 9.36 Å². The van der Waals surface area contributed by atoms with Crippen LogP contribution >= 0.6 is 34.5 Å². The third-order valence-corrected chi connectivity index (χ3v) is 7.66. The number of thiophene rings is 1. The van der Waals surface area contributed by atoms with Crippen molar-refractivity contribution >= 4 is 46.3 Å². The van der Waals surface area contributed by atoms with Gasteiger partial charge in [-0.2, -0.15) is 0 Å². The van der Waals surface area contributed by atoms with E-state index in [9.17, 15) is 4.79 Å². The summed E-state index contributed by atoms with van der Waals surface area (Å²) in [6.07, 6.45) is 1.56. The monoisotopic (exact) mass is 507 g/mol. The Labute approximate surface area is 213 Å². The number of ether oxygens (including phenoxy) is 1. The normalized spacial score (nSPS) is 14.0. The van der Waals surface area contributed by atoms with Crippen LogP contribution in [-0.2, 0) is 4.74 Å². The number of hydrogen-bond acceptors (Lipinski definition) is 3. The molecule has 0 bridgehead atoms. The van der Waals surface area contributed by atoms with Crippen molar-refractivity contribution < 1.29 is 9.53 Å². The standard InChI is InChI=1S/C28H23Cl2NO2S/c1-17(23-4-2-3-5-24(23)29)33-28(32)31-25-16-26(30)34-27(25)22-14-12-21(13-15-22)20-10-8-19(9-11-20)18-6-7-18/h2-5,8-18H,6-7H2,1H3,(H,31,32)/t17-/m1/s1. The molecule has 6 heteroatoms. The molecule has 1 aliphatic rings. The van der Waals surface area contributed by atoms with Gasteiger partial charge in [0.1, 0.15) is 6.10 Å². The van der Waals surface area contributed by atoms with E-state index < -0.39 is 12.2 Å². The zero-order valence-electron chi connectivity index (χ0n) is 18.6. The van der Waals surface area contributed by atoms with Crippen LogP contribution in [0.15, 0.2) is 78.9 Å². The second-order valence-corrected chi connectivity index (χ2v) is 10.6. The van der Waals surface area contributed by atoms with Crippen LogP contribution in [0.5, 0.6) is 0 Å². The van der Waals surface area contributed by atoms with Crippen LogP contribution in [-0.4, -0.2) is 6.09 Å². The minimum Gasteiger partial charge on any atom is -0.441 e. The maximum Gasteiger partial charge on any atom is 0.412 e. The molecule has 0 unspecified atom stereocenters. The summed E-state index contributed by atoms with van der Waals surface area (Å²) in [5, 5.41) is 3.40. The van der Waals surface area contributed by atoms with Gasteiger partial charge in [0.15, 0.2) is 0 Å². The second kappa shape index (κ2) is 9.83. The highest BCUT2D eigenvalue weighted by molar-refractivity contribution is 7.20. The van der Waals surface area contributed by atoms with E-state index in [1.54, 1.807) is 19.1 Å². The molecule has 1 atom stereocenters. The lowest BCUT2D eigenvalue weighted by Crippen LogP contribution is -2.16. The lowest BCUT2D eigenvalue weighted by atomic mass is 10.0. The molecule has 0 spiro atoms. The van der Waals surface area contributed by atoms with E-state index in [1.165, 1.54) is 35.3 Å². The summed E-state index contributed by atoms with van der Waals surface area (Å²) >= 11 is 13.9. The smallest absolute Gasteiger partial charge is 0.412 e. The number of rotatable bonds is 6. The third-order valence-electron chi connectivity index (χ3n) is 6.01.